The van der Waals surface area contributed by atoms with Gasteiger partial charge in [0, 0.05) is 29.7 Å². The van der Waals surface area contributed by atoms with E-state index >= 15 is 0 Å². The Labute approximate surface area is 162 Å². The molecule has 1 radical (unpaired) electrons. The zero-order valence-corrected chi connectivity index (χ0v) is 15.5. The Hall–Kier alpha value is -1.78. The Bertz CT molecular complexity index is 568. The second-order valence-electron chi connectivity index (χ2n) is 5.55. The SMILES string of the molecule is CNC(Cc1c[nH]cn1)C(=O)N(C(=O)CN)C(CCCCN)C(=O)O.[Cu]. The van der Waals surface area contributed by atoms with Crippen molar-refractivity contribution in [3.05, 3.63) is 18.2 Å². The number of unbranched alkanes of at least 4 members (excludes halogenated alkanes) is 1. The van der Waals surface area contributed by atoms with Crippen molar-refractivity contribution in [2.24, 2.45) is 11.5 Å². The van der Waals surface area contributed by atoms with Crippen LogP contribution < -0.4 is 16.8 Å². The number of aromatic nitrogens is 2. The fourth-order valence-electron chi connectivity index (χ4n) is 2.49. The van der Waals surface area contributed by atoms with Crippen LogP contribution in [0, 0.1) is 0 Å². The predicted octanol–water partition coefficient (Wildman–Crippen LogP) is -1.57. The summed E-state index contributed by atoms with van der Waals surface area (Å²) in [5, 5.41) is 12.3. The molecule has 0 saturated carbocycles. The van der Waals surface area contributed by atoms with Gasteiger partial charge in [-0.1, -0.05) is 0 Å². The van der Waals surface area contributed by atoms with E-state index in [-0.39, 0.29) is 29.9 Å². The van der Waals surface area contributed by atoms with Gasteiger partial charge in [0.25, 0.3) is 0 Å². The van der Waals surface area contributed by atoms with Crippen LogP contribution in [-0.2, 0) is 37.9 Å². The number of hydrogen-bond acceptors (Lipinski definition) is 7. The zero-order valence-electron chi connectivity index (χ0n) is 14.6. The normalized spacial score (nSPS) is 12.7. The van der Waals surface area contributed by atoms with E-state index in [9.17, 15) is 19.5 Å². The Morgan fingerprint density at radius 1 is 1.35 bits per heavy atom. The zero-order chi connectivity index (χ0) is 18.8. The van der Waals surface area contributed by atoms with Crippen molar-refractivity contribution in [2.45, 2.75) is 37.8 Å². The Morgan fingerprint density at radius 2 is 2.04 bits per heavy atom. The van der Waals surface area contributed by atoms with Gasteiger partial charge in [-0.05, 0) is 32.9 Å². The number of imide groups is 1. The molecule has 2 amide bonds. The maximum atomic E-state index is 12.8. The number of nitrogens with one attached hydrogen (secondary N) is 2. The van der Waals surface area contributed by atoms with E-state index in [0.29, 0.717) is 25.1 Å². The first-order valence-electron chi connectivity index (χ1n) is 8.10. The van der Waals surface area contributed by atoms with E-state index in [2.05, 4.69) is 15.3 Å². The number of carbonyl (C=O) groups is 3. The fraction of sp³-hybridized carbons (Fsp3) is 0.600. The summed E-state index contributed by atoms with van der Waals surface area (Å²) in [6, 6.07) is -2.07. The molecule has 151 valence electrons. The first kappa shape index (κ1) is 24.2. The van der Waals surface area contributed by atoms with Gasteiger partial charge < -0.3 is 26.9 Å². The van der Waals surface area contributed by atoms with Crippen molar-refractivity contribution in [3.63, 3.8) is 0 Å². The van der Waals surface area contributed by atoms with Gasteiger partial charge in [0.05, 0.1) is 24.6 Å². The van der Waals surface area contributed by atoms with Gasteiger partial charge in [0.2, 0.25) is 11.8 Å². The topological polar surface area (TPSA) is 167 Å². The van der Waals surface area contributed by atoms with Crippen LogP contribution >= 0.6 is 0 Å². The Morgan fingerprint density at radius 3 is 2.50 bits per heavy atom. The Balaban J connectivity index is 0.00000625. The molecule has 2 unspecified atom stereocenters. The number of carboxylic acid groups (broad SMARTS) is 1. The molecule has 7 N–H and O–H groups in total. The summed E-state index contributed by atoms with van der Waals surface area (Å²) in [5.41, 5.74) is 11.4. The number of likely N-dealkylation sites (N-methyl/N-ethyl adjacent to an activating group) is 1. The molecule has 1 aromatic heterocycles. The molecule has 11 heteroatoms. The first-order valence-corrected chi connectivity index (χ1v) is 8.10. The van der Waals surface area contributed by atoms with E-state index in [1.807, 2.05) is 0 Å². The van der Waals surface area contributed by atoms with Crippen LogP contribution in [-0.4, -0.2) is 70.0 Å². The predicted molar refractivity (Wildman–Crippen MR) is 90.4 cm³/mol. The molecule has 0 aliphatic carbocycles. The van der Waals surface area contributed by atoms with Crippen molar-refractivity contribution in [1.82, 2.24) is 20.2 Å². The fourth-order valence-corrected chi connectivity index (χ4v) is 2.49. The van der Waals surface area contributed by atoms with Crippen molar-refractivity contribution < 1.29 is 36.6 Å². The molecule has 10 nitrogen and oxygen atoms in total. The minimum absolute atomic E-state index is 0. The van der Waals surface area contributed by atoms with Crippen molar-refractivity contribution in [3.8, 4) is 0 Å². The average Bonchev–Trinajstić information content (AvgIpc) is 3.11. The van der Waals surface area contributed by atoms with E-state index < -0.39 is 36.4 Å². The average molecular weight is 418 g/mol. The van der Waals surface area contributed by atoms with Gasteiger partial charge in [0.15, 0.2) is 0 Å². The molecular weight excluding hydrogens is 392 g/mol. The van der Waals surface area contributed by atoms with E-state index in [0.717, 1.165) is 4.90 Å². The summed E-state index contributed by atoms with van der Waals surface area (Å²) in [5.74, 6) is -2.62. The molecule has 0 bridgehead atoms. The number of carboxylic acids is 1. The second kappa shape index (κ2) is 12.6. The number of aliphatic carboxylic acids is 1. The number of imidazole rings is 1. The van der Waals surface area contributed by atoms with Crippen molar-refractivity contribution >= 4 is 17.8 Å². The standard InChI is InChI=1S/C15H26N6O4.Cu/c1-18-11(6-10-8-19-9-20-10)14(23)21(13(22)7-17)12(15(24)25)4-2-3-5-16;/h8-9,11-12,18H,2-7,16-17H2,1H3,(H,19,20)(H,24,25);. The number of amides is 2. The third-order valence-corrected chi connectivity index (χ3v) is 3.82. The largest absolute Gasteiger partial charge is 0.480 e. The molecule has 0 fully saturated rings. The van der Waals surface area contributed by atoms with Crippen molar-refractivity contribution in [1.29, 1.82) is 0 Å². The molecule has 0 aliphatic rings. The number of aromatic amines is 1. The molecule has 26 heavy (non-hydrogen) atoms. The van der Waals surface area contributed by atoms with E-state index in [4.69, 9.17) is 11.5 Å². The molecule has 1 aromatic rings. The second-order valence-corrected chi connectivity index (χ2v) is 5.55. The summed E-state index contributed by atoms with van der Waals surface area (Å²) < 4.78 is 0. The quantitative estimate of drug-likeness (QED) is 0.212. The number of rotatable bonds is 11. The number of hydrogen-bond donors (Lipinski definition) is 5. The molecular formula is C15H26CuN6O4. The van der Waals surface area contributed by atoms with Crippen molar-refractivity contribution in [2.75, 3.05) is 20.1 Å². The van der Waals surface area contributed by atoms with Gasteiger partial charge in [-0.15, -0.1) is 0 Å². The maximum absolute atomic E-state index is 12.8. The van der Waals surface area contributed by atoms with Crippen LogP contribution in [0.25, 0.3) is 0 Å². The minimum Gasteiger partial charge on any atom is -0.480 e. The monoisotopic (exact) mass is 417 g/mol. The molecule has 0 saturated heterocycles. The molecule has 1 rings (SSSR count). The van der Waals surface area contributed by atoms with Crippen LogP contribution in [0.15, 0.2) is 12.5 Å². The van der Waals surface area contributed by atoms with Crippen LogP contribution in [0.4, 0.5) is 0 Å². The molecule has 0 aromatic carbocycles. The van der Waals surface area contributed by atoms with Crippen LogP contribution in [0.1, 0.15) is 25.0 Å². The third kappa shape index (κ3) is 6.85. The first-order chi connectivity index (χ1) is 12.0. The van der Waals surface area contributed by atoms with Gasteiger partial charge in [-0.2, -0.15) is 0 Å². The number of nitrogens with zero attached hydrogens (tertiary/aromatic N) is 2. The number of H-pyrrole nitrogens is 1. The molecule has 1 heterocycles. The molecule has 2 atom stereocenters. The Kier molecular flexibility index (Phi) is 11.7. The van der Waals surface area contributed by atoms with E-state index in [1.165, 1.54) is 6.33 Å². The summed E-state index contributed by atoms with van der Waals surface area (Å²) in [6.07, 6.45) is 4.53. The summed E-state index contributed by atoms with van der Waals surface area (Å²) >= 11 is 0. The van der Waals surface area contributed by atoms with Gasteiger partial charge in [0.1, 0.15) is 6.04 Å². The number of nitrogens with two attached hydrogens (primary N) is 2. The smallest absolute Gasteiger partial charge is 0.326 e. The summed E-state index contributed by atoms with van der Waals surface area (Å²) in [6.45, 7) is -0.0470. The molecule has 0 spiro atoms. The number of carbonyl (C=O) groups excluding carboxylic acids is 2. The summed E-state index contributed by atoms with van der Waals surface area (Å²) in [4.78, 5) is 44.3. The van der Waals surface area contributed by atoms with Gasteiger partial charge >= 0.3 is 5.97 Å². The van der Waals surface area contributed by atoms with E-state index in [1.54, 1.807) is 13.2 Å². The summed E-state index contributed by atoms with van der Waals surface area (Å²) in [7, 11) is 1.56. The van der Waals surface area contributed by atoms with Gasteiger partial charge in [-0.25, -0.2) is 9.78 Å². The van der Waals surface area contributed by atoms with Crippen LogP contribution in [0.3, 0.4) is 0 Å². The van der Waals surface area contributed by atoms with Crippen LogP contribution in [0.2, 0.25) is 0 Å². The van der Waals surface area contributed by atoms with Gasteiger partial charge in [-0.3, -0.25) is 14.5 Å². The third-order valence-electron chi connectivity index (χ3n) is 3.82. The van der Waals surface area contributed by atoms with Crippen LogP contribution in [0.5, 0.6) is 0 Å². The maximum Gasteiger partial charge on any atom is 0.326 e. The minimum atomic E-state index is -1.27. The molecule has 0 aliphatic heterocycles.